The number of halogens is 3. The van der Waals surface area contributed by atoms with E-state index in [1.807, 2.05) is 12.1 Å². The van der Waals surface area contributed by atoms with E-state index < -0.39 is 10.0 Å². The van der Waals surface area contributed by atoms with Gasteiger partial charge in [-0.3, -0.25) is 4.72 Å². The Hall–Kier alpha value is -0.270. The second-order valence-corrected chi connectivity index (χ2v) is 8.66. The standard InChI is InChI=1S/C12H10BrCl2NO2S2/c13-6-5-8-1-3-9(4-2-8)16-20(17,18)10-7-11(14)19-12(10)15/h1-4,7,16H,5-6H2. The molecule has 1 aromatic heterocycles. The molecule has 3 nitrogen and oxygen atoms in total. The maximum absolute atomic E-state index is 12.2. The van der Waals surface area contributed by atoms with Crippen LogP contribution in [0.25, 0.3) is 0 Å². The van der Waals surface area contributed by atoms with Gasteiger partial charge < -0.3 is 0 Å². The number of hydrogen-bond donors (Lipinski definition) is 1. The summed E-state index contributed by atoms with van der Waals surface area (Å²) >= 11 is 16.0. The van der Waals surface area contributed by atoms with Gasteiger partial charge in [-0.25, -0.2) is 8.42 Å². The van der Waals surface area contributed by atoms with Crippen molar-refractivity contribution in [3.05, 3.63) is 44.6 Å². The molecule has 20 heavy (non-hydrogen) atoms. The minimum atomic E-state index is -3.71. The van der Waals surface area contributed by atoms with E-state index in [9.17, 15) is 8.42 Å². The van der Waals surface area contributed by atoms with E-state index in [1.165, 1.54) is 6.07 Å². The summed E-state index contributed by atoms with van der Waals surface area (Å²) in [7, 11) is -3.71. The molecule has 2 aromatic rings. The Morgan fingerprint density at radius 3 is 2.35 bits per heavy atom. The van der Waals surface area contributed by atoms with Gasteiger partial charge in [0, 0.05) is 11.0 Å². The number of alkyl halides is 1. The number of hydrogen-bond acceptors (Lipinski definition) is 3. The molecule has 8 heteroatoms. The molecule has 2 rings (SSSR count). The van der Waals surface area contributed by atoms with E-state index in [4.69, 9.17) is 23.2 Å². The predicted molar refractivity (Wildman–Crippen MR) is 89.1 cm³/mol. The third-order valence-electron chi connectivity index (χ3n) is 2.50. The van der Waals surface area contributed by atoms with E-state index in [-0.39, 0.29) is 9.23 Å². The van der Waals surface area contributed by atoms with Crippen molar-refractivity contribution in [1.29, 1.82) is 0 Å². The van der Waals surface area contributed by atoms with Crippen molar-refractivity contribution in [2.24, 2.45) is 0 Å². The first-order valence-corrected chi connectivity index (χ1v) is 9.72. The lowest BCUT2D eigenvalue weighted by Gasteiger charge is -2.07. The predicted octanol–water partition coefficient (Wildman–Crippen LogP) is 4.79. The molecule has 0 unspecified atom stereocenters. The van der Waals surface area contributed by atoms with E-state index in [2.05, 4.69) is 20.7 Å². The Bertz CT molecular complexity index is 699. The second kappa shape index (κ2) is 6.66. The lowest BCUT2D eigenvalue weighted by molar-refractivity contribution is 0.601. The molecular weight excluding hydrogens is 405 g/mol. The SMILES string of the molecule is O=S(=O)(Nc1ccc(CCBr)cc1)c1cc(Cl)sc1Cl. The van der Waals surface area contributed by atoms with Crippen molar-refractivity contribution in [1.82, 2.24) is 0 Å². The highest BCUT2D eigenvalue weighted by atomic mass is 79.9. The maximum Gasteiger partial charge on any atom is 0.264 e. The van der Waals surface area contributed by atoms with Crippen molar-refractivity contribution < 1.29 is 8.42 Å². The summed E-state index contributed by atoms with van der Waals surface area (Å²) in [5.41, 5.74) is 1.61. The average molecular weight is 415 g/mol. The van der Waals surface area contributed by atoms with Crippen LogP contribution in [0, 0.1) is 0 Å². The van der Waals surface area contributed by atoms with Gasteiger partial charge >= 0.3 is 0 Å². The maximum atomic E-state index is 12.2. The number of rotatable bonds is 5. The van der Waals surface area contributed by atoms with Crippen LogP contribution < -0.4 is 4.72 Å². The molecule has 0 amide bonds. The fourth-order valence-corrected chi connectivity index (χ4v) is 5.23. The minimum absolute atomic E-state index is 0.00120. The van der Waals surface area contributed by atoms with Gasteiger partial charge in [0.25, 0.3) is 10.0 Å². The molecule has 0 spiro atoms. The van der Waals surface area contributed by atoms with Crippen molar-refractivity contribution in [2.75, 3.05) is 10.1 Å². The molecule has 0 fully saturated rings. The molecule has 0 aliphatic carbocycles. The molecule has 1 aromatic carbocycles. The van der Waals surface area contributed by atoms with E-state index in [0.717, 1.165) is 28.7 Å². The lowest BCUT2D eigenvalue weighted by atomic mass is 10.2. The van der Waals surface area contributed by atoms with Crippen molar-refractivity contribution in [3.8, 4) is 0 Å². The van der Waals surface area contributed by atoms with Crippen LogP contribution in [-0.2, 0) is 16.4 Å². The highest BCUT2D eigenvalue weighted by Gasteiger charge is 2.21. The molecule has 0 aliphatic rings. The van der Waals surface area contributed by atoms with Crippen LogP contribution in [0.2, 0.25) is 8.67 Å². The number of nitrogens with one attached hydrogen (secondary N) is 1. The summed E-state index contributed by atoms with van der Waals surface area (Å²) in [5, 5.41) is 0.862. The summed E-state index contributed by atoms with van der Waals surface area (Å²) in [6.07, 6.45) is 0.888. The quantitative estimate of drug-likeness (QED) is 0.714. The third kappa shape index (κ3) is 3.89. The van der Waals surface area contributed by atoms with Crippen molar-refractivity contribution in [3.63, 3.8) is 0 Å². The fourth-order valence-electron chi connectivity index (χ4n) is 1.57. The van der Waals surface area contributed by atoms with Crippen LogP contribution in [-0.4, -0.2) is 13.7 Å². The van der Waals surface area contributed by atoms with E-state index in [1.54, 1.807) is 12.1 Å². The molecule has 1 N–H and O–H groups in total. The zero-order valence-corrected chi connectivity index (χ0v) is 14.8. The van der Waals surface area contributed by atoms with Crippen molar-refractivity contribution in [2.45, 2.75) is 11.3 Å². The Morgan fingerprint density at radius 1 is 1.20 bits per heavy atom. The first-order chi connectivity index (χ1) is 9.42. The number of sulfonamides is 1. The number of benzene rings is 1. The molecule has 0 saturated carbocycles. The zero-order valence-electron chi connectivity index (χ0n) is 10.1. The van der Waals surface area contributed by atoms with Crippen LogP contribution in [0.5, 0.6) is 0 Å². The summed E-state index contributed by atoms with van der Waals surface area (Å²) in [6.45, 7) is 0. The van der Waals surface area contributed by atoms with Crippen LogP contribution in [0.3, 0.4) is 0 Å². The zero-order chi connectivity index (χ0) is 14.8. The molecule has 1 heterocycles. The van der Waals surface area contributed by atoms with Crippen LogP contribution >= 0.6 is 50.5 Å². The Balaban J connectivity index is 2.22. The highest BCUT2D eigenvalue weighted by Crippen LogP contribution is 2.35. The van der Waals surface area contributed by atoms with E-state index >= 15 is 0 Å². The number of thiophene rings is 1. The molecule has 0 atom stereocenters. The smallest absolute Gasteiger partial charge is 0.264 e. The van der Waals surface area contributed by atoms with Gasteiger partial charge in [0.15, 0.2) is 0 Å². The summed E-state index contributed by atoms with van der Waals surface area (Å²) in [6, 6.07) is 8.54. The van der Waals surface area contributed by atoms with Crippen molar-refractivity contribution >= 4 is 66.2 Å². The molecular formula is C12H10BrCl2NO2S2. The first kappa shape index (κ1) is 16.1. The Labute approximate surface area is 140 Å². The largest absolute Gasteiger partial charge is 0.280 e. The van der Waals surface area contributed by atoms with Gasteiger partial charge in [-0.05, 0) is 30.2 Å². The van der Waals surface area contributed by atoms with Gasteiger partial charge in [-0.1, -0.05) is 51.3 Å². The molecule has 0 aliphatic heterocycles. The highest BCUT2D eigenvalue weighted by molar-refractivity contribution is 9.09. The lowest BCUT2D eigenvalue weighted by Crippen LogP contribution is -2.12. The molecule has 0 radical (unpaired) electrons. The molecule has 0 bridgehead atoms. The summed E-state index contributed by atoms with van der Waals surface area (Å²) in [4.78, 5) is -0.00120. The van der Waals surface area contributed by atoms with E-state index in [0.29, 0.717) is 10.0 Å². The number of aryl methyl sites for hydroxylation is 1. The van der Waals surface area contributed by atoms with Gasteiger partial charge in [-0.2, -0.15) is 0 Å². The Kier molecular flexibility index (Phi) is 5.36. The Morgan fingerprint density at radius 2 is 1.85 bits per heavy atom. The average Bonchev–Trinajstić information content (AvgIpc) is 2.72. The molecule has 0 saturated heterocycles. The van der Waals surface area contributed by atoms with Gasteiger partial charge in [0.1, 0.15) is 9.23 Å². The van der Waals surface area contributed by atoms with Crippen LogP contribution in [0.15, 0.2) is 35.2 Å². The van der Waals surface area contributed by atoms with Gasteiger partial charge in [0.2, 0.25) is 0 Å². The minimum Gasteiger partial charge on any atom is -0.280 e. The normalized spacial score (nSPS) is 11.6. The van der Waals surface area contributed by atoms with Crippen LogP contribution in [0.4, 0.5) is 5.69 Å². The fraction of sp³-hybridized carbons (Fsp3) is 0.167. The third-order valence-corrected chi connectivity index (χ3v) is 6.04. The van der Waals surface area contributed by atoms with Gasteiger partial charge in [0.05, 0.1) is 4.34 Å². The monoisotopic (exact) mass is 413 g/mol. The summed E-state index contributed by atoms with van der Waals surface area (Å²) in [5.74, 6) is 0. The summed E-state index contributed by atoms with van der Waals surface area (Å²) < 4.78 is 27.4. The van der Waals surface area contributed by atoms with Crippen LogP contribution in [0.1, 0.15) is 5.56 Å². The van der Waals surface area contributed by atoms with Gasteiger partial charge in [-0.15, -0.1) is 11.3 Å². The second-order valence-electron chi connectivity index (χ2n) is 3.93. The topological polar surface area (TPSA) is 46.2 Å². The molecule has 108 valence electrons. The first-order valence-electron chi connectivity index (χ1n) is 5.55. The number of anilines is 1.